The maximum atomic E-state index is 12.3. The molecule has 0 atom stereocenters. The summed E-state index contributed by atoms with van der Waals surface area (Å²) in [5.74, 6) is -0.306. The van der Waals surface area contributed by atoms with Crippen molar-refractivity contribution in [3.8, 4) is 0 Å². The van der Waals surface area contributed by atoms with E-state index in [0.717, 1.165) is 35.6 Å². The van der Waals surface area contributed by atoms with Gasteiger partial charge in [-0.2, -0.15) is 0 Å². The van der Waals surface area contributed by atoms with Crippen LogP contribution < -0.4 is 9.62 Å². The lowest BCUT2D eigenvalue weighted by atomic mass is 10.2. The summed E-state index contributed by atoms with van der Waals surface area (Å²) < 4.78 is 25.5. The van der Waals surface area contributed by atoms with Gasteiger partial charge in [-0.1, -0.05) is 48.5 Å². The highest BCUT2D eigenvalue weighted by Gasteiger charge is 2.21. The van der Waals surface area contributed by atoms with Gasteiger partial charge in [-0.15, -0.1) is 0 Å². The van der Waals surface area contributed by atoms with Crippen LogP contribution in [0, 0.1) is 6.92 Å². The number of nitrogens with one attached hydrogen (secondary N) is 1. The van der Waals surface area contributed by atoms with Crippen LogP contribution in [0.25, 0.3) is 0 Å². The topological polar surface area (TPSA) is 69.7 Å². The van der Waals surface area contributed by atoms with E-state index in [9.17, 15) is 13.2 Å². The summed E-state index contributed by atoms with van der Waals surface area (Å²) in [4.78, 5) is 14.5. The van der Waals surface area contributed by atoms with Crippen molar-refractivity contribution in [1.82, 2.24) is 10.2 Å². The minimum absolute atomic E-state index is 0.219. The average Bonchev–Trinajstić information content (AvgIpc) is 2.64. The number of sulfonamides is 1. The number of amides is 1. The second kappa shape index (κ2) is 10.2. The molecule has 0 unspecified atom stereocenters. The van der Waals surface area contributed by atoms with Gasteiger partial charge < -0.3 is 10.2 Å². The Kier molecular flexibility index (Phi) is 8.02. The van der Waals surface area contributed by atoms with Gasteiger partial charge >= 0.3 is 0 Å². The van der Waals surface area contributed by atoms with Crippen molar-refractivity contribution in [2.75, 3.05) is 37.2 Å². The summed E-state index contributed by atoms with van der Waals surface area (Å²) in [6.45, 7) is 3.80. The first kappa shape index (κ1) is 21.9. The fourth-order valence-electron chi connectivity index (χ4n) is 2.96. The lowest BCUT2D eigenvalue weighted by Crippen LogP contribution is -2.41. The predicted molar refractivity (Wildman–Crippen MR) is 114 cm³/mol. The first-order valence-corrected chi connectivity index (χ1v) is 11.1. The zero-order valence-corrected chi connectivity index (χ0v) is 17.6. The van der Waals surface area contributed by atoms with E-state index in [1.165, 1.54) is 5.56 Å². The number of carbonyl (C=O) groups excluding carboxylic acids is 1. The van der Waals surface area contributed by atoms with Gasteiger partial charge in [-0.05, 0) is 44.1 Å². The van der Waals surface area contributed by atoms with Gasteiger partial charge in [0.1, 0.15) is 6.54 Å². The van der Waals surface area contributed by atoms with Gasteiger partial charge in [-0.25, -0.2) is 8.42 Å². The van der Waals surface area contributed by atoms with Crippen LogP contribution in [-0.4, -0.2) is 52.2 Å². The van der Waals surface area contributed by atoms with Crippen molar-refractivity contribution in [1.29, 1.82) is 0 Å². The Balaban J connectivity index is 1.81. The highest BCUT2D eigenvalue weighted by molar-refractivity contribution is 7.92. The van der Waals surface area contributed by atoms with E-state index in [4.69, 9.17) is 0 Å². The Morgan fingerprint density at radius 3 is 2.32 bits per heavy atom. The molecule has 0 saturated heterocycles. The predicted octanol–water partition coefficient (Wildman–Crippen LogP) is 2.40. The largest absolute Gasteiger partial charge is 0.354 e. The summed E-state index contributed by atoms with van der Waals surface area (Å²) >= 11 is 0. The standard InChI is InChI=1S/C21H29N3O3S/c1-18-10-7-8-13-20(18)24(28(3,26)27)17-21(25)22-14-9-15-23(2)16-19-11-5-4-6-12-19/h4-8,10-13H,9,14-17H2,1-3H3,(H,22,25). The maximum Gasteiger partial charge on any atom is 0.240 e. The molecule has 1 amide bonds. The van der Waals surface area contributed by atoms with E-state index in [0.29, 0.717) is 12.2 Å². The third kappa shape index (κ3) is 6.98. The van der Waals surface area contributed by atoms with Gasteiger partial charge in [0, 0.05) is 13.1 Å². The van der Waals surface area contributed by atoms with Crippen LogP contribution in [0.15, 0.2) is 54.6 Å². The van der Waals surface area contributed by atoms with Gasteiger partial charge in [0.2, 0.25) is 15.9 Å². The Bertz CT molecular complexity index is 869. The molecule has 28 heavy (non-hydrogen) atoms. The van der Waals surface area contributed by atoms with Crippen LogP contribution in [-0.2, 0) is 21.4 Å². The molecule has 0 spiro atoms. The Labute approximate surface area is 168 Å². The third-order valence-corrected chi connectivity index (χ3v) is 5.53. The van der Waals surface area contributed by atoms with Crippen molar-refractivity contribution in [2.24, 2.45) is 0 Å². The Hall–Kier alpha value is -2.38. The van der Waals surface area contributed by atoms with E-state index in [1.54, 1.807) is 12.1 Å². The lowest BCUT2D eigenvalue weighted by Gasteiger charge is -2.23. The molecule has 0 aliphatic heterocycles. The molecule has 2 rings (SSSR count). The van der Waals surface area contributed by atoms with Gasteiger partial charge in [0.15, 0.2) is 0 Å². The van der Waals surface area contributed by atoms with Crippen LogP contribution >= 0.6 is 0 Å². The van der Waals surface area contributed by atoms with E-state index in [-0.39, 0.29) is 12.5 Å². The number of para-hydroxylation sites is 1. The number of carbonyl (C=O) groups is 1. The fraction of sp³-hybridized carbons (Fsp3) is 0.381. The molecule has 152 valence electrons. The molecule has 0 fully saturated rings. The first-order valence-electron chi connectivity index (χ1n) is 9.30. The number of rotatable bonds is 10. The van der Waals surface area contributed by atoms with Crippen molar-refractivity contribution in [3.63, 3.8) is 0 Å². The Morgan fingerprint density at radius 1 is 1.04 bits per heavy atom. The lowest BCUT2D eigenvalue weighted by molar-refractivity contribution is -0.119. The highest BCUT2D eigenvalue weighted by atomic mass is 32.2. The molecule has 2 aromatic rings. The molecule has 0 bridgehead atoms. The van der Waals surface area contributed by atoms with Gasteiger partial charge in [0.25, 0.3) is 0 Å². The van der Waals surface area contributed by atoms with E-state index in [2.05, 4.69) is 22.3 Å². The van der Waals surface area contributed by atoms with Crippen LogP contribution in [0.2, 0.25) is 0 Å². The molecule has 0 aromatic heterocycles. The normalized spacial score (nSPS) is 11.4. The second-order valence-electron chi connectivity index (χ2n) is 6.98. The summed E-state index contributed by atoms with van der Waals surface area (Å²) in [6, 6.07) is 17.3. The van der Waals surface area contributed by atoms with E-state index in [1.807, 2.05) is 44.3 Å². The van der Waals surface area contributed by atoms with Crippen molar-refractivity contribution in [2.45, 2.75) is 19.9 Å². The van der Waals surface area contributed by atoms with Crippen molar-refractivity contribution < 1.29 is 13.2 Å². The summed E-state index contributed by atoms with van der Waals surface area (Å²) in [5.41, 5.74) is 2.59. The van der Waals surface area contributed by atoms with Crippen LogP contribution in [0.3, 0.4) is 0 Å². The summed E-state index contributed by atoms with van der Waals surface area (Å²) in [6.07, 6.45) is 1.91. The number of hydrogen-bond acceptors (Lipinski definition) is 4. The molecule has 7 heteroatoms. The number of hydrogen-bond donors (Lipinski definition) is 1. The monoisotopic (exact) mass is 403 g/mol. The van der Waals surface area contributed by atoms with Crippen LogP contribution in [0.4, 0.5) is 5.69 Å². The molecule has 6 nitrogen and oxygen atoms in total. The number of aryl methyl sites for hydroxylation is 1. The molecule has 0 aliphatic rings. The van der Waals surface area contributed by atoms with Crippen LogP contribution in [0.5, 0.6) is 0 Å². The molecular weight excluding hydrogens is 374 g/mol. The molecule has 0 radical (unpaired) electrons. The van der Waals surface area contributed by atoms with E-state index < -0.39 is 10.0 Å². The van der Waals surface area contributed by atoms with Crippen molar-refractivity contribution >= 4 is 21.6 Å². The first-order chi connectivity index (χ1) is 13.3. The average molecular weight is 404 g/mol. The smallest absolute Gasteiger partial charge is 0.240 e. The third-order valence-electron chi connectivity index (χ3n) is 4.41. The minimum Gasteiger partial charge on any atom is -0.354 e. The zero-order valence-electron chi connectivity index (χ0n) is 16.8. The Morgan fingerprint density at radius 2 is 1.68 bits per heavy atom. The fourth-order valence-corrected chi connectivity index (χ4v) is 3.88. The molecule has 2 aromatic carbocycles. The summed E-state index contributed by atoms with van der Waals surface area (Å²) in [7, 11) is -1.51. The molecular formula is C21H29N3O3S. The number of nitrogens with zero attached hydrogens (tertiary/aromatic N) is 2. The molecule has 0 heterocycles. The van der Waals surface area contributed by atoms with Gasteiger partial charge in [-0.3, -0.25) is 9.10 Å². The molecule has 1 N–H and O–H groups in total. The minimum atomic E-state index is -3.55. The second-order valence-corrected chi connectivity index (χ2v) is 8.89. The maximum absolute atomic E-state index is 12.3. The van der Waals surface area contributed by atoms with Crippen molar-refractivity contribution in [3.05, 3.63) is 65.7 Å². The highest BCUT2D eigenvalue weighted by Crippen LogP contribution is 2.21. The van der Waals surface area contributed by atoms with Gasteiger partial charge in [0.05, 0.1) is 11.9 Å². The number of benzene rings is 2. The summed E-state index contributed by atoms with van der Waals surface area (Å²) in [5, 5.41) is 2.82. The molecule has 0 saturated carbocycles. The van der Waals surface area contributed by atoms with Crippen LogP contribution in [0.1, 0.15) is 17.5 Å². The molecule has 0 aliphatic carbocycles. The quantitative estimate of drug-likeness (QED) is 0.619. The van der Waals surface area contributed by atoms with E-state index >= 15 is 0 Å². The zero-order chi connectivity index (χ0) is 20.6. The SMILES string of the molecule is Cc1ccccc1N(CC(=O)NCCCN(C)Cc1ccccc1)S(C)(=O)=O. The number of anilines is 1.